The predicted molar refractivity (Wildman–Crippen MR) is 104 cm³/mol. The molecule has 0 aliphatic heterocycles. The highest BCUT2D eigenvalue weighted by Crippen LogP contribution is 2.27. The molecule has 4 heterocycles. The number of halogens is 4. The lowest BCUT2D eigenvalue weighted by atomic mass is 10.3. The monoisotopic (exact) mass is 432 g/mol. The van der Waals surface area contributed by atoms with E-state index < -0.39 is 12.4 Å². The number of imidazole rings is 2. The maximum Gasteiger partial charge on any atom is 0.333 e. The Bertz CT molecular complexity index is 1370. The van der Waals surface area contributed by atoms with Crippen LogP contribution in [0.4, 0.5) is 18.9 Å². The highest BCUT2D eigenvalue weighted by molar-refractivity contribution is 6.29. The molecule has 5 rings (SSSR count). The molecule has 0 aliphatic carbocycles. The van der Waals surface area contributed by atoms with Crippen molar-refractivity contribution in [3.05, 3.63) is 59.7 Å². The molecule has 12 heteroatoms. The highest BCUT2D eigenvalue weighted by Gasteiger charge is 2.16. The number of hydrogen-bond donors (Lipinski definition) is 2. The zero-order chi connectivity index (χ0) is 20.8. The summed E-state index contributed by atoms with van der Waals surface area (Å²) < 4.78 is 41.5. The van der Waals surface area contributed by atoms with E-state index in [0.717, 1.165) is 0 Å². The number of aromatic nitrogens is 7. The van der Waals surface area contributed by atoms with Crippen LogP contribution in [0.5, 0.6) is 0 Å². The van der Waals surface area contributed by atoms with Gasteiger partial charge in [-0.15, -0.1) is 0 Å². The van der Waals surface area contributed by atoms with Crippen LogP contribution in [-0.2, 0) is 6.54 Å². The van der Waals surface area contributed by atoms with Crippen molar-refractivity contribution in [2.24, 2.45) is 0 Å². The van der Waals surface area contributed by atoms with Crippen LogP contribution in [0.2, 0.25) is 5.15 Å². The van der Waals surface area contributed by atoms with Crippen LogP contribution < -0.4 is 5.32 Å². The summed E-state index contributed by atoms with van der Waals surface area (Å²) in [6, 6.07) is 6.26. The van der Waals surface area contributed by atoms with Gasteiger partial charge in [0.1, 0.15) is 11.3 Å². The van der Waals surface area contributed by atoms with Crippen LogP contribution in [0.15, 0.2) is 42.9 Å². The molecular formula is C18H12ClF3N8. The van der Waals surface area contributed by atoms with Crippen molar-refractivity contribution in [1.82, 2.24) is 34.3 Å². The van der Waals surface area contributed by atoms with Gasteiger partial charge >= 0.3 is 6.55 Å². The molecule has 0 fully saturated rings. The molecule has 0 amide bonds. The molecule has 0 radical (unpaired) electrons. The van der Waals surface area contributed by atoms with Gasteiger partial charge in [0.05, 0.1) is 35.8 Å². The number of alkyl halides is 2. The van der Waals surface area contributed by atoms with Crippen molar-refractivity contribution in [2.75, 3.05) is 5.32 Å². The number of rotatable bonds is 5. The van der Waals surface area contributed by atoms with Crippen molar-refractivity contribution >= 4 is 34.0 Å². The Morgan fingerprint density at radius 3 is 2.87 bits per heavy atom. The third-order valence-corrected chi connectivity index (χ3v) is 4.68. The standard InChI is InChI=1S/C18H12ClF3N8/c19-14-4-12(23-7-15-26-11-3-1-2-10(20)16(11)27-15)17-24-6-13(30(17)28-14)9-5-25-29(8-9)18(21)22/h1-6,8,18,23H,7H2,(H,26,27). The Balaban J connectivity index is 1.48. The van der Waals surface area contributed by atoms with Gasteiger partial charge in [0, 0.05) is 17.8 Å². The SMILES string of the molecule is Fc1cccc2[nH]c(CNc3cc(Cl)nn4c(-c5cnn(C(F)F)c5)cnc34)nc12. The largest absolute Gasteiger partial charge is 0.375 e. The summed E-state index contributed by atoms with van der Waals surface area (Å²) in [6.45, 7) is -2.50. The van der Waals surface area contributed by atoms with Gasteiger partial charge in [-0.1, -0.05) is 17.7 Å². The Morgan fingerprint density at radius 2 is 2.10 bits per heavy atom. The fourth-order valence-electron chi connectivity index (χ4n) is 3.15. The Hall–Kier alpha value is -3.60. The van der Waals surface area contributed by atoms with E-state index in [-0.39, 0.29) is 17.2 Å². The molecule has 30 heavy (non-hydrogen) atoms. The minimum absolute atomic E-state index is 0.168. The van der Waals surface area contributed by atoms with Crippen molar-refractivity contribution < 1.29 is 13.2 Å². The van der Waals surface area contributed by atoms with Gasteiger partial charge in [-0.05, 0) is 12.1 Å². The Morgan fingerprint density at radius 1 is 1.23 bits per heavy atom. The second kappa shape index (κ2) is 7.02. The summed E-state index contributed by atoms with van der Waals surface area (Å²) >= 11 is 6.15. The van der Waals surface area contributed by atoms with Crippen molar-refractivity contribution in [2.45, 2.75) is 13.1 Å². The molecule has 8 nitrogen and oxygen atoms in total. The van der Waals surface area contributed by atoms with E-state index in [1.807, 2.05) is 0 Å². The van der Waals surface area contributed by atoms with Gasteiger partial charge in [0.25, 0.3) is 0 Å². The molecule has 0 unspecified atom stereocenters. The lowest BCUT2D eigenvalue weighted by molar-refractivity contribution is 0.0566. The number of fused-ring (bicyclic) bond motifs is 2. The molecule has 4 aromatic heterocycles. The number of H-pyrrole nitrogens is 1. The summed E-state index contributed by atoms with van der Waals surface area (Å²) in [7, 11) is 0. The van der Waals surface area contributed by atoms with Crippen LogP contribution in [-0.4, -0.2) is 34.3 Å². The fourth-order valence-corrected chi connectivity index (χ4v) is 3.34. The molecule has 0 bridgehead atoms. The van der Waals surface area contributed by atoms with Crippen molar-refractivity contribution in [1.29, 1.82) is 0 Å². The number of benzene rings is 1. The predicted octanol–water partition coefficient (Wildman–Crippen LogP) is 4.27. The molecule has 1 aromatic carbocycles. The van der Waals surface area contributed by atoms with E-state index in [1.165, 1.54) is 29.2 Å². The third kappa shape index (κ3) is 3.12. The molecule has 0 aliphatic rings. The maximum absolute atomic E-state index is 13.8. The van der Waals surface area contributed by atoms with Crippen LogP contribution in [0.3, 0.4) is 0 Å². The number of para-hydroxylation sites is 1. The van der Waals surface area contributed by atoms with Crippen LogP contribution in [0.1, 0.15) is 12.4 Å². The molecule has 0 atom stereocenters. The zero-order valence-corrected chi connectivity index (χ0v) is 15.8. The zero-order valence-electron chi connectivity index (χ0n) is 15.0. The molecule has 0 saturated heterocycles. The number of nitrogens with zero attached hydrogens (tertiary/aromatic N) is 6. The molecule has 0 spiro atoms. The van der Waals surface area contributed by atoms with E-state index in [2.05, 4.69) is 30.5 Å². The average Bonchev–Trinajstić information content (AvgIpc) is 3.43. The molecule has 5 aromatic rings. The minimum Gasteiger partial charge on any atom is -0.375 e. The van der Waals surface area contributed by atoms with Gasteiger partial charge in [-0.25, -0.2) is 23.6 Å². The molecule has 152 valence electrons. The third-order valence-electron chi connectivity index (χ3n) is 4.49. The quantitative estimate of drug-likeness (QED) is 0.433. The van der Waals surface area contributed by atoms with Gasteiger partial charge in [0.15, 0.2) is 16.6 Å². The van der Waals surface area contributed by atoms with Crippen LogP contribution in [0, 0.1) is 5.82 Å². The minimum atomic E-state index is -2.75. The smallest absolute Gasteiger partial charge is 0.333 e. The van der Waals surface area contributed by atoms with Gasteiger partial charge in [-0.2, -0.15) is 19.0 Å². The van der Waals surface area contributed by atoms with E-state index in [0.29, 0.717) is 38.6 Å². The van der Waals surface area contributed by atoms with E-state index >= 15 is 0 Å². The summed E-state index contributed by atoms with van der Waals surface area (Å²) in [5.41, 5.74) is 2.68. The second-order valence-corrected chi connectivity index (χ2v) is 6.81. The van der Waals surface area contributed by atoms with Crippen LogP contribution >= 0.6 is 11.6 Å². The Labute approximate surface area is 171 Å². The first-order chi connectivity index (χ1) is 14.5. The van der Waals surface area contributed by atoms with Gasteiger partial charge in [0.2, 0.25) is 0 Å². The van der Waals surface area contributed by atoms with E-state index in [1.54, 1.807) is 18.2 Å². The first-order valence-corrected chi connectivity index (χ1v) is 9.11. The topological polar surface area (TPSA) is 88.7 Å². The van der Waals surface area contributed by atoms with Crippen molar-refractivity contribution in [3.63, 3.8) is 0 Å². The average molecular weight is 433 g/mol. The number of hydrogen-bond acceptors (Lipinski definition) is 5. The van der Waals surface area contributed by atoms with Crippen molar-refractivity contribution in [3.8, 4) is 11.3 Å². The van der Waals surface area contributed by atoms with E-state index in [4.69, 9.17) is 11.6 Å². The van der Waals surface area contributed by atoms with E-state index in [9.17, 15) is 13.2 Å². The summed E-state index contributed by atoms with van der Waals surface area (Å²) in [6.07, 6.45) is 3.99. The van der Waals surface area contributed by atoms with Gasteiger partial charge < -0.3 is 10.3 Å². The van der Waals surface area contributed by atoms with Crippen LogP contribution in [0.25, 0.3) is 27.9 Å². The molecule has 0 saturated carbocycles. The maximum atomic E-state index is 13.8. The second-order valence-electron chi connectivity index (χ2n) is 6.42. The Kier molecular flexibility index (Phi) is 4.31. The lowest BCUT2D eigenvalue weighted by Gasteiger charge is -2.07. The summed E-state index contributed by atoms with van der Waals surface area (Å²) in [4.78, 5) is 11.6. The lowest BCUT2D eigenvalue weighted by Crippen LogP contribution is -2.05. The number of anilines is 1. The molecule has 2 N–H and O–H groups in total. The van der Waals surface area contributed by atoms with Gasteiger partial charge in [-0.3, -0.25) is 0 Å². The summed E-state index contributed by atoms with van der Waals surface area (Å²) in [5.74, 6) is 0.109. The summed E-state index contributed by atoms with van der Waals surface area (Å²) in [5, 5.41) is 11.2. The number of aromatic amines is 1. The first kappa shape index (κ1) is 18.4. The highest BCUT2D eigenvalue weighted by atomic mass is 35.5. The first-order valence-electron chi connectivity index (χ1n) is 8.73. The fraction of sp³-hybridized carbons (Fsp3) is 0.111. The normalized spacial score (nSPS) is 11.8. The number of nitrogens with one attached hydrogen (secondary N) is 2. The molecular weight excluding hydrogens is 421 g/mol.